The molecular formula is C18H17FO. The molecule has 20 heavy (non-hydrogen) atoms. The highest BCUT2D eigenvalue weighted by Gasteiger charge is 2.14. The summed E-state index contributed by atoms with van der Waals surface area (Å²) in [6.07, 6.45) is 4.71. The van der Waals surface area contributed by atoms with Gasteiger partial charge in [0.1, 0.15) is 5.82 Å². The van der Waals surface area contributed by atoms with E-state index in [1.54, 1.807) is 18.2 Å². The van der Waals surface area contributed by atoms with Crippen molar-refractivity contribution in [2.75, 3.05) is 0 Å². The normalized spacial score (nSPS) is 13.8. The van der Waals surface area contributed by atoms with Gasteiger partial charge in [-0.15, -0.1) is 0 Å². The Kier molecular flexibility index (Phi) is 3.64. The Morgan fingerprint density at radius 1 is 1.00 bits per heavy atom. The zero-order chi connectivity index (χ0) is 13.9. The van der Waals surface area contributed by atoms with E-state index in [-0.39, 0.29) is 18.0 Å². The van der Waals surface area contributed by atoms with Crippen LogP contribution in [0, 0.1) is 5.82 Å². The zero-order valence-electron chi connectivity index (χ0n) is 11.4. The number of rotatable bonds is 3. The molecule has 3 rings (SSSR count). The Hall–Kier alpha value is -1.96. The first-order chi connectivity index (χ1) is 9.74. The van der Waals surface area contributed by atoms with Gasteiger partial charge >= 0.3 is 0 Å². The molecular weight excluding hydrogens is 251 g/mol. The highest BCUT2D eigenvalue weighted by atomic mass is 19.1. The van der Waals surface area contributed by atoms with E-state index >= 15 is 0 Å². The second-order valence-corrected chi connectivity index (χ2v) is 5.38. The van der Waals surface area contributed by atoms with Crippen LogP contribution in [0.15, 0.2) is 42.5 Å². The topological polar surface area (TPSA) is 17.1 Å². The number of halogens is 1. The molecule has 0 amide bonds. The molecule has 0 atom stereocenters. The molecule has 0 spiro atoms. The van der Waals surface area contributed by atoms with E-state index in [2.05, 4.69) is 6.07 Å². The largest absolute Gasteiger partial charge is 0.294 e. The number of fused-ring (bicyclic) bond motifs is 1. The number of carbonyl (C=O) groups excluding carboxylic acids is 1. The van der Waals surface area contributed by atoms with Crippen molar-refractivity contribution < 1.29 is 9.18 Å². The quantitative estimate of drug-likeness (QED) is 0.765. The Balaban J connectivity index is 1.82. The highest BCUT2D eigenvalue weighted by Crippen LogP contribution is 2.23. The van der Waals surface area contributed by atoms with Crippen LogP contribution in [0.4, 0.5) is 4.39 Å². The summed E-state index contributed by atoms with van der Waals surface area (Å²) in [4.78, 5) is 12.3. The smallest absolute Gasteiger partial charge is 0.167 e. The minimum Gasteiger partial charge on any atom is -0.294 e. The lowest BCUT2D eigenvalue weighted by Crippen LogP contribution is -2.08. The van der Waals surface area contributed by atoms with Crippen molar-refractivity contribution in [2.24, 2.45) is 0 Å². The van der Waals surface area contributed by atoms with Gasteiger partial charge in [-0.3, -0.25) is 4.79 Å². The maximum Gasteiger partial charge on any atom is 0.167 e. The van der Waals surface area contributed by atoms with Crippen molar-refractivity contribution in [2.45, 2.75) is 32.1 Å². The van der Waals surface area contributed by atoms with Crippen LogP contribution >= 0.6 is 0 Å². The summed E-state index contributed by atoms with van der Waals surface area (Å²) in [5, 5.41) is 0. The number of aryl methyl sites for hydroxylation is 2. The predicted octanol–water partition coefficient (Wildman–Crippen LogP) is 4.13. The summed E-state index contributed by atoms with van der Waals surface area (Å²) in [6, 6.07) is 12.4. The number of hydrogen-bond acceptors (Lipinski definition) is 1. The molecule has 0 N–H and O–H groups in total. The lowest BCUT2D eigenvalue weighted by Gasteiger charge is -2.16. The predicted molar refractivity (Wildman–Crippen MR) is 77.5 cm³/mol. The van der Waals surface area contributed by atoms with Gasteiger partial charge in [0.05, 0.1) is 0 Å². The lowest BCUT2D eigenvalue weighted by molar-refractivity contribution is 0.0991. The van der Waals surface area contributed by atoms with Gasteiger partial charge in [-0.2, -0.15) is 0 Å². The van der Waals surface area contributed by atoms with Crippen molar-refractivity contribution in [1.82, 2.24) is 0 Å². The number of carbonyl (C=O) groups is 1. The minimum absolute atomic E-state index is 0.0107. The van der Waals surface area contributed by atoms with Gasteiger partial charge in [0.25, 0.3) is 0 Å². The van der Waals surface area contributed by atoms with Crippen LogP contribution in [0.3, 0.4) is 0 Å². The van der Waals surface area contributed by atoms with Crippen molar-refractivity contribution in [1.29, 1.82) is 0 Å². The fraction of sp³-hybridized carbons (Fsp3) is 0.278. The molecule has 1 aliphatic carbocycles. The number of hydrogen-bond donors (Lipinski definition) is 0. The summed E-state index contributed by atoms with van der Waals surface area (Å²) >= 11 is 0. The van der Waals surface area contributed by atoms with Crippen LogP contribution < -0.4 is 0 Å². The number of ketones is 1. The van der Waals surface area contributed by atoms with Gasteiger partial charge < -0.3 is 0 Å². The number of Topliss-reactive ketones (excluding diaryl/α,β-unsaturated/α-hetero) is 1. The van der Waals surface area contributed by atoms with Crippen molar-refractivity contribution in [3.63, 3.8) is 0 Å². The van der Waals surface area contributed by atoms with Crippen LogP contribution in [-0.4, -0.2) is 5.78 Å². The molecule has 0 fully saturated rings. The third kappa shape index (κ3) is 2.64. The zero-order valence-corrected chi connectivity index (χ0v) is 11.4. The van der Waals surface area contributed by atoms with Crippen molar-refractivity contribution >= 4 is 5.78 Å². The van der Waals surface area contributed by atoms with E-state index in [9.17, 15) is 9.18 Å². The van der Waals surface area contributed by atoms with Gasteiger partial charge in [0.2, 0.25) is 0 Å². The second kappa shape index (κ2) is 5.58. The summed E-state index contributed by atoms with van der Waals surface area (Å²) in [7, 11) is 0. The van der Waals surface area contributed by atoms with Crippen LogP contribution in [0.5, 0.6) is 0 Å². The van der Waals surface area contributed by atoms with Gasteiger partial charge in [-0.05, 0) is 54.5 Å². The average Bonchev–Trinajstić information content (AvgIpc) is 2.49. The van der Waals surface area contributed by atoms with Gasteiger partial charge in [-0.1, -0.05) is 30.3 Å². The average molecular weight is 268 g/mol. The summed E-state index contributed by atoms with van der Waals surface area (Å²) < 4.78 is 13.6. The molecule has 1 nitrogen and oxygen atoms in total. The monoisotopic (exact) mass is 268 g/mol. The van der Waals surface area contributed by atoms with Gasteiger partial charge in [-0.25, -0.2) is 4.39 Å². The Bertz CT molecular complexity index is 646. The van der Waals surface area contributed by atoms with Crippen molar-refractivity contribution in [3.8, 4) is 0 Å². The molecule has 1 aliphatic rings. The molecule has 2 heteroatoms. The van der Waals surface area contributed by atoms with Gasteiger partial charge in [0, 0.05) is 12.0 Å². The third-order valence-electron chi connectivity index (χ3n) is 3.98. The molecule has 0 heterocycles. The first-order valence-electron chi connectivity index (χ1n) is 7.12. The Labute approximate surface area is 118 Å². The molecule has 0 bridgehead atoms. The molecule has 0 aromatic heterocycles. The lowest BCUT2D eigenvalue weighted by atomic mass is 9.89. The van der Waals surface area contributed by atoms with E-state index < -0.39 is 0 Å². The van der Waals surface area contributed by atoms with Crippen LogP contribution in [0.1, 0.15) is 39.9 Å². The molecule has 2 aromatic carbocycles. The summed E-state index contributed by atoms with van der Waals surface area (Å²) in [6.45, 7) is 0. The molecule has 0 saturated carbocycles. The van der Waals surface area contributed by atoms with E-state index in [0.717, 1.165) is 12.8 Å². The fourth-order valence-electron chi connectivity index (χ4n) is 2.82. The van der Waals surface area contributed by atoms with E-state index in [4.69, 9.17) is 0 Å². The Morgan fingerprint density at radius 2 is 1.75 bits per heavy atom. The first-order valence-corrected chi connectivity index (χ1v) is 7.12. The molecule has 0 aliphatic heterocycles. The first kappa shape index (κ1) is 13.0. The summed E-state index contributed by atoms with van der Waals surface area (Å²) in [5.41, 5.74) is 3.82. The van der Waals surface area contributed by atoms with Crippen molar-refractivity contribution in [3.05, 3.63) is 70.5 Å². The maximum atomic E-state index is 13.6. The van der Waals surface area contributed by atoms with E-state index in [0.29, 0.717) is 11.1 Å². The molecule has 0 unspecified atom stereocenters. The van der Waals surface area contributed by atoms with Crippen LogP contribution in [0.2, 0.25) is 0 Å². The van der Waals surface area contributed by atoms with E-state index in [1.165, 1.54) is 30.0 Å². The SMILES string of the molecule is O=C(Cc1ccccc1F)c1ccc2c(c1)CCCC2. The second-order valence-electron chi connectivity index (χ2n) is 5.38. The molecule has 102 valence electrons. The highest BCUT2D eigenvalue weighted by molar-refractivity contribution is 5.97. The molecule has 0 radical (unpaired) electrons. The number of benzene rings is 2. The summed E-state index contributed by atoms with van der Waals surface area (Å²) in [5.74, 6) is -0.317. The Morgan fingerprint density at radius 3 is 2.55 bits per heavy atom. The standard InChI is InChI=1S/C18H17FO/c19-17-8-4-3-7-15(17)12-18(20)16-10-9-13-5-1-2-6-14(13)11-16/h3-4,7-11H,1-2,5-6,12H2. The van der Waals surface area contributed by atoms with Gasteiger partial charge in [0.15, 0.2) is 5.78 Å². The molecule has 2 aromatic rings. The van der Waals surface area contributed by atoms with Crippen LogP contribution in [-0.2, 0) is 19.3 Å². The van der Waals surface area contributed by atoms with E-state index in [1.807, 2.05) is 12.1 Å². The third-order valence-corrected chi connectivity index (χ3v) is 3.98. The fourth-order valence-corrected chi connectivity index (χ4v) is 2.82. The maximum absolute atomic E-state index is 13.6. The molecule has 0 saturated heterocycles. The minimum atomic E-state index is -0.307. The van der Waals surface area contributed by atoms with Crippen LogP contribution in [0.25, 0.3) is 0 Å².